The minimum atomic E-state index is -1.31. The fourth-order valence-electron chi connectivity index (χ4n) is 4.81. The van der Waals surface area contributed by atoms with Crippen molar-refractivity contribution in [3.05, 3.63) is 118 Å². The minimum absolute atomic E-state index is 0.173. The molecule has 42 heavy (non-hydrogen) atoms. The van der Waals surface area contributed by atoms with Crippen LogP contribution in [0, 0.1) is 25.2 Å². The number of esters is 2. The first-order chi connectivity index (χ1) is 20.1. The second-order valence-corrected chi connectivity index (χ2v) is 10.8. The van der Waals surface area contributed by atoms with Gasteiger partial charge in [0.1, 0.15) is 24.4 Å². The van der Waals surface area contributed by atoms with Crippen molar-refractivity contribution in [3.8, 4) is 6.07 Å². The average Bonchev–Trinajstić information content (AvgIpc) is 3.25. The Hall–Kier alpha value is -4.45. The first-order valence-electron chi connectivity index (χ1n) is 13.7. The summed E-state index contributed by atoms with van der Waals surface area (Å²) in [6.45, 7) is 5.57. The van der Waals surface area contributed by atoms with Crippen LogP contribution >= 0.6 is 0 Å². The topological polar surface area (TPSA) is 98.1 Å². The summed E-state index contributed by atoms with van der Waals surface area (Å²) in [5.41, 5.74) is 2.62. The lowest BCUT2D eigenvalue weighted by atomic mass is 9.88. The van der Waals surface area contributed by atoms with Crippen molar-refractivity contribution >= 4 is 11.9 Å². The van der Waals surface area contributed by atoms with Gasteiger partial charge in [0.05, 0.1) is 29.4 Å². The molecule has 1 fully saturated rings. The maximum Gasteiger partial charge on any atom is 0.338 e. The molecule has 4 atom stereocenters. The van der Waals surface area contributed by atoms with Crippen LogP contribution in [-0.4, -0.2) is 61.5 Å². The molecular formula is C34H36N2O6. The lowest BCUT2D eigenvalue weighted by molar-refractivity contribution is -0.119. The zero-order valence-electron chi connectivity index (χ0n) is 24.6. The quantitative estimate of drug-likeness (QED) is 0.237. The Balaban J connectivity index is 1.69. The molecule has 1 aliphatic heterocycles. The highest BCUT2D eigenvalue weighted by atomic mass is 16.6. The minimum Gasteiger partial charge on any atom is -0.459 e. The summed E-state index contributed by atoms with van der Waals surface area (Å²) in [5, 5.41) is 10.1. The van der Waals surface area contributed by atoms with E-state index in [1.807, 2.05) is 68.4 Å². The summed E-state index contributed by atoms with van der Waals surface area (Å²) in [7, 11) is 3.59. The van der Waals surface area contributed by atoms with Crippen molar-refractivity contribution in [2.75, 3.05) is 20.7 Å². The van der Waals surface area contributed by atoms with Gasteiger partial charge in [0.2, 0.25) is 0 Å². The zero-order valence-corrected chi connectivity index (χ0v) is 24.6. The number of nitriles is 1. The predicted molar refractivity (Wildman–Crippen MR) is 158 cm³/mol. The SMILES string of the molecule is Cc1ccc(C(=O)OCC2O[C@@H](C(C#N)=CN(C)C)[C@](C)(OCc3ccccc3)[C@@H]2OC(=O)c2ccc(C)cc2)cc1. The molecule has 0 aliphatic carbocycles. The van der Waals surface area contributed by atoms with E-state index in [9.17, 15) is 14.9 Å². The van der Waals surface area contributed by atoms with E-state index in [1.54, 1.807) is 56.4 Å². The average molecular weight is 569 g/mol. The Kier molecular flexibility index (Phi) is 9.79. The van der Waals surface area contributed by atoms with Gasteiger partial charge in [-0.05, 0) is 50.6 Å². The van der Waals surface area contributed by atoms with E-state index >= 15 is 0 Å². The van der Waals surface area contributed by atoms with Gasteiger partial charge in [-0.2, -0.15) is 5.26 Å². The van der Waals surface area contributed by atoms with Crippen LogP contribution in [0.25, 0.3) is 0 Å². The highest BCUT2D eigenvalue weighted by Crippen LogP contribution is 2.41. The number of carbonyl (C=O) groups excluding carboxylic acids is 2. The number of ether oxygens (including phenoxy) is 4. The summed E-state index contributed by atoms with van der Waals surface area (Å²) < 4.78 is 24.7. The maximum absolute atomic E-state index is 13.4. The van der Waals surface area contributed by atoms with Gasteiger partial charge >= 0.3 is 11.9 Å². The van der Waals surface area contributed by atoms with Gasteiger partial charge in [-0.15, -0.1) is 0 Å². The van der Waals surface area contributed by atoms with Gasteiger partial charge in [-0.3, -0.25) is 0 Å². The second kappa shape index (κ2) is 13.5. The zero-order chi connectivity index (χ0) is 30.3. The molecule has 8 heteroatoms. The van der Waals surface area contributed by atoms with E-state index in [4.69, 9.17) is 18.9 Å². The van der Waals surface area contributed by atoms with Crippen molar-refractivity contribution in [1.82, 2.24) is 4.90 Å². The highest BCUT2D eigenvalue weighted by molar-refractivity contribution is 5.90. The number of nitrogens with zero attached hydrogens (tertiary/aromatic N) is 2. The third-order valence-corrected chi connectivity index (χ3v) is 7.12. The Morgan fingerprint density at radius 2 is 1.50 bits per heavy atom. The molecular weight excluding hydrogens is 532 g/mol. The van der Waals surface area contributed by atoms with Gasteiger partial charge in [0.15, 0.2) is 6.10 Å². The fourth-order valence-corrected chi connectivity index (χ4v) is 4.81. The van der Waals surface area contributed by atoms with Crippen LogP contribution in [0.15, 0.2) is 90.6 Å². The maximum atomic E-state index is 13.4. The third-order valence-electron chi connectivity index (χ3n) is 7.12. The van der Waals surface area contributed by atoms with Crippen LogP contribution in [0.4, 0.5) is 0 Å². The molecule has 3 aromatic rings. The molecule has 3 aromatic carbocycles. The molecule has 0 amide bonds. The number of hydrogen-bond donors (Lipinski definition) is 0. The lowest BCUT2D eigenvalue weighted by Crippen LogP contribution is -2.51. The van der Waals surface area contributed by atoms with Gasteiger partial charge < -0.3 is 23.8 Å². The van der Waals surface area contributed by atoms with Crippen molar-refractivity contribution in [1.29, 1.82) is 5.26 Å². The number of benzene rings is 3. The van der Waals surface area contributed by atoms with Crippen LogP contribution in [0.2, 0.25) is 0 Å². The molecule has 0 bridgehead atoms. The monoisotopic (exact) mass is 568 g/mol. The van der Waals surface area contributed by atoms with Gasteiger partial charge in [-0.1, -0.05) is 65.7 Å². The highest BCUT2D eigenvalue weighted by Gasteiger charge is 2.59. The molecule has 4 rings (SSSR count). The molecule has 1 aliphatic rings. The molecule has 0 spiro atoms. The number of hydrogen-bond acceptors (Lipinski definition) is 8. The molecule has 1 heterocycles. The van der Waals surface area contributed by atoms with Crippen molar-refractivity contribution in [2.24, 2.45) is 0 Å². The van der Waals surface area contributed by atoms with Crippen molar-refractivity contribution < 1.29 is 28.5 Å². The fraction of sp³-hybridized carbons (Fsp3) is 0.324. The Morgan fingerprint density at radius 3 is 2.05 bits per heavy atom. The molecule has 0 radical (unpaired) electrons. The van der Waals surface area contributed by atoms with E-state index in [0.29, 0.717) is 11.1 Å². The van der Waals surface area contributed by atoms with E-state index in [0.717, 1.165) is 16.7 Å². The van der Waals surface area contributed by atoms with Crippen LogP contribution in [-0.2, 0) is 25.6 Å². The third kappa shape index (κ3) is 7.24. The largest absolute Gasteiger partial charge is 0.459 e. The summed E-state index contributed by atoms with van der Waals surface area (Å²) in [6.07, 6.45) is -1.22. The molecule has 0 N–H and O–H groups in total. The predicted octanol–water partition coefficient (Wildman–Crippen LogP) is 5.40. The van der Waals surface area contributed by atoms with Crippen LogP contribution < -0.4 is 0 Å². The number of carbonyl (C=O) groups is 2. The lowest BCUT2D eigenvalue weighted by Gasteiger charge is -2.35. The Morgan fingerprint density at radius 1 is 0.929 bits per heavy atom. The molecule has 1 saturated heterocycles. The molecule has 218 valence electrons. The number of aryl methyl sites for hydroxylation is 2. The van der Waals surface area contributed by atoms with Crippen molar-refractivity contribution in [2.45, 2.75) is 51.3 Å². The summed E-state index contributed by atoms with van der Waals surface area (Å²) in [5.74, 6) is -1.12. The first-order valence-corrected chi connectivity index (χ1v) is 13.7. The summed E-state index contributed by atoms with van der Waals surface area (Å²) in [6, 6.07) is 25.8. The smallest absolute Gasteiger partial charge is 0.338 e. The van der Waals surface area contributed by atoms with Crippen LogP contribution in [0.3, 0.4) is 0 Å². The standard InChI is InChI=1S/C34H36N2O6/c1-23-11-15-26(16-12-23)32(37)39-22-29-31(42-33(38)27-17-13-24(2)14-18-27)34(3,40-21-25-9-7-6-8-10-25)30(41-29)28(19-35)20-36(4)5/h6-18,20,29-31H,21-22H2,1-5H3/t29?,30-,31+,34-/m0/s1. The van der Waals surface area contributed by atoms with Gasteiger partial charge in [0.25, 0.3) is 0 Å². The van der Waals surface area contributed by atoms with E-state index in [1.165, 1.54) is 0 Å². The molecule has 0 saturated carbocycles. The molecule has 8 nitrogen and oxygen atoms in total. The molecule has 0 aromatic heterocycles. The van der Waals surface area contributed by atoms with E-state index in [2.05, 4.69) is 6.07 Å². The molecule has 1 unspecified atom stereocenters. The van der Waals surface area contributed by atoms with Crippen molar-refractivity contribution in [3.63, 3.8) is 0 Å². The van der Waals surface area contributed by atoms with Crippen LogP contribution in [0.5, 0.6) is 0 Å². The van der Waals surface area contributed by atoms with Crippen LogP contribution in [0.1, 0.15) is 44.3 Å². The first kappa shape index (κ1) is 30.5. The summed E-state index contributed by atoms with van der Waals surface area (Å²) in [4.78, 5) is 28.0. The normalized spacial score (nSPS) is 21.8. The van der Waals surface area contributed by atoms with Gasteiger partial charge in [-0.25, -0.2) is 9.59 Å². The van der Waals surface area contributed by atoms with E-state index < -0.39 is 35.9 Å². The number of rotatable bonds is 10. The van der Waals surface area contributed by atoms with E-state index in [-0.39, 0.29) is 18.8 Å². The summed E-state index contributed by atoms with van der Waals surface area (Å²) >= 11 is 0. The van der Waals surface area contributed by atoms with Gasteiger partial charge in [0, 0.05) is 20.3 Å². The Labute approximate surface area is 247 Å². The Bertz CT molecular complexity index is 1440. The second-order valence-electron chi connectivity index (χ2n) is 10.8.